The molecule has 0 N–H and O–H groups in total. The van der Waals surface area contributed by atoms with Crippen molar-refractivity contribution in [3.05, 3.63) is 29.3 Å². The lowest BCUT2D eigenvalue weighted by molar-refractivity contribution is -0.141. The number of hydrogen-bond acceptors (Lipinski definition) is 6. The van der Waals surface area contributed by atoms with Crippen molar-refractivity contribution in [3.63, 3.8) is 0 Å². The molecule has 0 saturated heterocycles. The quantitative estimate of drug-likeness (QED) is 0.421. The van der Waals surface area contributed by atoms with E-state index < -0.39 is 0 Å². The number of hydrogen-bond donors (Lipinski definition) is 0. The van der Waals surface area contributed by atoms with Crippen molar-refractivity contribution in [1.82, 2.24) is 10.2 Å². The Morgan fingerprint density at radius 1 is 1.14 bits per heavy atom. The molecule has 2 heterocycles. The van der Waals surface area contributed by atoms with Gasteiger partial charge in [-0.05, 0) is 62.3 Å². The van der Waals surface area contributed by atoms with Crippen molar-refractivity contribution in [2.75, 3.05) is 5.75 Å². The Kier molecular flexibility index (Phi) is 4.33. The van der Waals surface area contributed by atoms with Crippen LogP contribution in [0.1, 0.15) is 38.5 Å². The molecule has 7 heteroatoms. The molecule has 0 unspecified atom stereocenters. The fourth-order valence-electron chi connectivity index (χ4n) is 6.24. The average molecular weight is 445 g/mol. The lowest BCUT2D eigenvalue weighted by Gasteiger charge is -2.55. The third-order valence-corrected chi connectivity index (χ3v) is 9.57. The number of carbonyl (C=O) groups is 1. The topological polar surface area (TPSA) is 56.0 Å². The maximum atomic E-state index is 13.2. The van der Waals surface area contributed by atoms with E-state index in [9.17, 15) is 4.79 Å². The zero-order valence-electron chi connectivity index (χ0n) is 15.9. The van der Waals surface area contributed by atoms with Crippen LogP contribution >= 0.6 is 34.7 Å². The molecule has 4 bridgehead atoms. The van der Waals surface area contributed by atoms with E-state index in [4.69, 9.17) is 16.0 Å². The third-order valence-electron chi connectivity index (χ3n) is 7.09. The number of carbonyl (C=O) groups excluding carboxylic acids is 1. The molecule has 150 valence electrons. The molecule has 0 atom stereocenters. The van der Waals surface area contributed by atoms with E-state index in [-0.39, 0.29) is 5.41 Å². The molecule has 0 amide bonds. The zero-order valence-corrected chi connectivity index (χ0v) is 18.3. The molecule has 1 aromatic carbocycles. The van der Waals surface area contributed by atoms with Gasteiger partial charge >= 0.3 is 0 Å². The number of halogens is 1. The van der Waals surface area contributed by atoms with Gasteiger partial charge in [-0.2, -0.15) is 0 Å². The highest BCUT2D eigenvalue weighted by molar-refractivity contribution is 7.99. The predicted octanol–water partition coefficient (Wildman–Crippen LogP) is 6.48. The van der Waals surface area contributed by atoms with Gasteiger partial charge in [0, 0.05) is 15.5 Å². The summed E-state index contributed by atoms with van der Waals surface area (Å²) in [7, 11) is 0. The summed E-state index contributed by atoms with van der Waals surface area (Å²) in [5.41, 5.74) is -0.0701. The number of ketones is 1. The van der Waals surface area contributed by atoms with E-state index in [2.05, 4.69) is 10.2 Å². The molecule has 0 spiro atoms. The molecule has 4 fully saturated rings. The molecule has 4 saturated carbocycles. The highest BCUT2D eigenvalue weighted by atomic mass is 35.5. The van der Waals surface area contributed by atoms with Gasteiger partial charge in [0.1, 0.15) is 10.7 Å². The van der Waals surface area contributed by atoms with Crippen LogP contribution in [0.3, 0.4) is 0 Å². The Hall–Kier alpha value is -1.37. The number of aromatic nitrogens is 2. The Bertz CT molecular complexity index is 1070. The summed E-state index contributed by atoms with van der Waals surface area (Å²) in [6.07, 6.45) is 7.36. The first-order valence-electron chi connectivity index (χ1n) is 10.3. The zero-order chi connectivity index (χ0) is 19.6. The minimum Gasteiger partial charge on any atom is -0.410 e. The van der Waals surface area contributed by atoms with Crippen LogP contribution < -0.4 is 0 Å². The summed E-state index contributed by atoms with van der Waals surface area (Å²) in [5, 5.41) is 10.5. The van der Waals surface area contributed by atoms with E-state index in [1.807, 2.05) is 24.3 Å². The van der Waals surface area contributed by atoms with Crippen molar-refractivity contribution in [2.24, 2.45) is 23.2 Å². The third kappa shape index (κ3) is 3.06. The van der Waals surface area contributed by atoms with Crippen molar-refractivity contribution in [3.8, 4) is 10.8 Å². The Morgan fingerprint density at radius 3 is 2.52 bits per heavy atom. The van der Waals surface area contributed by atoms with Crippen LogP contribution in [-0.2, 0) is 4.79 Å². The molecule has 0 aliphatic heterocycles. The second-order valence-electron chi connectivity index (χ2n) is 9.02. The second-order valence-corrected chi connectivity index (χ2v) is 11.4. The number of thiophene rings is 1. The van der Waals surface area contributed by atoms with E-state index in [0.717, 1.165) is 52.0 Å². The normalized spacial score (nSPS) is 30.3. The molecule has 7 rings (SSSR count). The number of thioether (sulfide) groups is 1. The number of benzene rings is 1. The summed E-state index contributed by atoms with van der Waals surface area (Å²) in [4.78, 5) is 14.0. The number of nitrogens with zero attached hydrogens (tertiary/aromatic N) is 2. The Balaban J connectivity index is 1.18. The molecule has 4 aliphatic carbocycles. The molecule has 29 heavy (non-hydrogen) atoms. The summed E-state index contributed by atoms with van der Waals surface area (Å²) >= 11 is 9.45. The maximum absolute atomic E-state index is 13.2. The van der Waals surface area contributed by atoms with Gasteiger partial charge in [0.25, 0.3) is 11.1 Å². The summed E-state index contributed by atoms with van der Waals surface area (Å²) in [6, 6.07) is 7.99. The summed E-state index contributed by atoms with van der Waals surface area (Å²) in [6.45, 7) is 0. The van der Waals surface area contributed by atoms with Crippen LogP contribution in [0.4, 0.5) is 0 Å². The monoisotopic (exact) mass is 444 g/mol. The van der Waals surface area contributed by atoms with Crippen molar-refractivity contribution in [1.29, 1.82) is 0 Å². The van der Waals surface area contributed by atoms with Crippen molar-refractivity contribution >= 4 is 50.6 Å². The van der Waals surface area contributed by atoms with Gasteiger partial charge in [-0.1, -0.05) is 41.6 Å². The van der Waals surface area contributed by atoms with E-state index in [1.165, 1.54) is 31.0 Å². The fraction of sp³-hybridized carbons (Fsp3) is 0.500. The van der Waals surface area contributed by atoms with Gasteiger partial charge in [-0.25, -0.2) is 0 Å². The van der Waals surface area contributed by atoms with Gasteiger partial charge in [0.05, 0.1) is 10.8 Å². The maximum Gasteiger partial charge on any atom is 0.277 e. The predicted molar refractivity (Wildman–Crippen MR) is 116 cm³/mol. The van der Waals surface area contributed by atoms with Gasteiger partial charge in [0.15, 0.2) is 0 Å². The van der Waals surface area contributed by atoms with Crippen LogP contribution in [-0.4, -0.2) is 21.7 Å². The number of Topliss-reactive ketones (excluding diaryl/α,β-unsaturated/α-hetero) is 1. The minimum absolute atomic E-state index is 0.0701. The Morgan fingerprint density at radius 2 is 1.83 bits per heavy atom. The Labute approximate surface area is 182 Å². The van der Waals surface area contributed by atoms with Crippen molar-refractivity contribution < 1.29 is 9.21 Å². The van der Waals surface area contributed by atoms with Gasteiger partial charge in [-0.15, -0.1) is 21.5 Å². The van der Waals surface area contributed by atoms with Crippen LogP contribution in [0.5, 0.6) is 0 Å². The average Bonchev–Trinajstić information content (AvgIpc) is 3.30. The molecular formula is C22H21ClN2O2S2. The molecule has 4 nitrogen and oxygen atoms in total. The lowest BCUT2D eigenvalue weighted by atomic mass is 9.48. The standard InChI is InChI=1S/C22H21ClN2O2S2/c23-18-15-3-1-2-4-16(15)29-19(18)20-24-25-21(27-20)28-11-17(26)22-8-12-5-13(9-22)7-14(6-12)10-22/h1-4,12-14H,5-11H2. The number of rotatable bonds is 5. The first kappa shape index (κ1) is 18.4. The van der Waals surface area contributed by atoms with Crippen LogP contribution in [0.25, 0.3) is 20.9 Å². The fourth-order valence-corrected chi connectivity index (χ4v) is 8.47. The lowest BCUT2D eigenvalue weighted by Crippen LogP contribution is -2.50. The van der Waals surface area contributed by atoms with E-state index in [0.29, 0.717) is 27.7 Å². The summed E-state index contributed by atoms with van der Waals surface area (Å²) < 4.78 is 6.96. The molecular weight excluding hydrogens is 424 g/mol. The molecule has 2 aromatic heterocycles. The van der Waals surface area contributed by atoms with Gasteiger partial charge in [0.2, 0.25) is 0 Å². The summed E-state index contributed by atoms with van der Waals surface area (Å²) in [5.74, 6) is 3.58. The highest BCUT2D eigenvalue weighted by Crippen LogP contribution is 2.60. The smallest absolute Gasteiger partial charge is 0.277 e. The number of fused-ring (bicyclic) bond motifs is 1. The minimum atomic E-state index is -0.0701. The van der Waals surface area contributed by atoms with Crippen LogP contribution in [0.2, 0.25) is 5.02 Å². The second kappa shape index (κ2) is 6.82. The molecule has 0 radical (unpaired) electrons. The highest BCUT2D eigenvalue weighted by Gasteiger charge is 2.54. The van der Waals surface area contributed by atoms with Crippen LogP contribution in [0, 0.1) is 23.2 Å². The van der Waals surface area contributed by atoms with E-state index >= 15 is 0 Å². The van der Waals surface area contributed by atoms with Crippen molar-refractivity contribution in [2.45, 2.75) is 43.7 Å². The largest absolute Gasteiger partial charge is 0.410 e. The SMILES string of the molecule is O=C(CSc1nnc(-c2sc3ccccc3c2Cl)o1)C12CC3CC(CC(C3)C1)C2. The van der Waals surface area contributed by atoms with E-state index in [1.54, 1.807) is 11.3 Å². The molecule has 3 aromatic rings. The van der Waals surface area contributed by atoms with Gasteiger partial charge < -0.3 is 4.42 Å². The van der Waals surface area contributed by atoms with Crippen LogP contribution in [0.15, 0.2) is 33.9 Å². The molecule has 4 aliphatic rings. The first-order chi connectivity index (χ1) is 14.1. The first-order valence-corrected chi connectivity index (χ1v) is 12.4. The van der Waals surface area contributed by atoms with Gasteiger partial charge in [-0.3, -0.25) is 4.79 Å².